The second-order valence-electron chi connectivity index (χ2n) is 6.91. The minimum atomic E-state index is -0.643. The summed E-state index contributed by atoms with van der Waals surface area (Å²) in [6.07, 6.45) is 2.81. The molecule has 1 aromatic heterocycles. The Morgan fingerprint density at radius 2 is 2.07 bits per heavy atom. The number of aryl methyl sites for hydroxylation is 1. The Kier molecular flexibility index (Phi) is 5.15. The van der Waals surface area contributed by atoms with Crippen molar-refractivity contribution in [1.29, 1.82) is 0 Å². The molecule has 2 aromatic rings. The Morgan fingerprint density at radius 3 is 2.82 bits per heavy atom. The standard InChI is InChI=1S/C20H21N3O4S/c1-27-20(26)17-13-8-5-9-15(13)28-19(17)21-18(25)14-10-16(24)22-23(14)11-12-6-3-2-4-7-12/h2-4,6-7,14H,5,8-11H2,1H3,(H,21,25)(H,22,24)/t14-/m0/s1. The zero-order chi connectivity index (χ0) is 19.7. The molecule has 1 atom stereocenters. The van der Waals surface area contributed by atoms with Crippen LogP contribution in [0.5, 0.6) is 0 Å². The molecular weight excluding hydrogens is 378 g/mol. The molecule has 28 heavy (non-hydrogen) atoms. The number of anilines is 1. The first-order chi connectivity index (χ1) is 13.6. The molecule has 4 rings (SSSR count). The van der Waals surface area contributed by atoms with E-state index in [0.717, 1.165) is 35.3 Å². The monoisotopic (exact) mass is 399 g/mol. The molecule has 1 fully saturated rings. The molecule has 1 aliphatic heterocycles. The van der Waals surface area contributed by atoms with Gasteiger partial charge in [0.05, 0.1) is 19.1 Å². The third-order valence-corrected chi connectivity index (χ3v) is 6.28. The summed E-state index contributed by atoms with van der Waals surface area (Å²) in [6.45, 7) is 0.426. The normalized spacial score (nSPS) is 18.6. The summed E-state index contributed by atoms with van der Waals surface area (Å²) in [5.74, 6) is -0.936. The maximum Gasteiger partial charge on any atom is 0.341 e. The van der Waals surface area contributed by atoms with Crippen molar-refractivity contribution in [2.24, 2.45) is 0 Å². The molecule has 2 amide bonds. The molecular formula is C20H21N3O4S. The molecule has 7 nitrogen and oxygen atoms in total. The fourth-order valence-corrected chi connectivity index (χ4v) is 5.02. The Morgan fingerprint density at radius 1 is 1.29 bits per heavy atom. The maximum absolute atomic E-state index is 13.0. The van der Waals surface area contributed by atoms with E-state index in [4.69, 9.17) is 4.74 Å². The van der Waals surface area contributed by atoms with Crippen LogP contribution in [0.15, 0.2) is 30.3 Å². The highest BCUT2D eigenvalue weighted by atomic mass is 32.1. The van der Waals surface area contributed by atoms with Crippen molar-refractivity contribution >= 4 is 34.1 Å². The molecule has 2 heterocycles. The van der Waals surface area contributed by atoms with Gasteiger partial charge < -0.3 is 10.1 Å². The van der Waals surface area contributed by atoms with Crippen molar-refractivity contribution in [3.05, 3.63) is 51.9 Å². The van der Waals surface area contributed by atoms with Crippen LogP contribution in [0.25, 0.3) is 0 Å². The third-order valence-electron chi connectivity index (χ3n) is 5.07. The van der Waals surface area contributed by atoms with E-state index in [1.807, 2.05) is 30.3 Å². The van der Waals surface area contributed by atoms with Gasteiger partial charge >= 0.3 is 5.97 Å². The first-order valence-electron chi connectivity index (χ1n) is 9.20. The molecule has 1 aliphatic carbocycles. The van der Waals surface area contributed by atoms with Gasteiger partial charge in [0.25, 0.3) is 0 Å². The second-order valence-corrected chi connectivity index (χ2v) is 8.02. The first kappa shape index (κ1) is 18.6. The minimum absolute atomic E-state index is 0.0807. The van der Waals surface area contributed by atoms with E-state index in [2.05, 4.69) is 10.7 Å². The molecule has 8 heteroatoms. The van der Waals surface area contributed by atoms with E-state index >= 15 is 0 Å². The summed E-state index contributed by atoms with van der Waals surface area (Å²) in [5.41, 5.74) is 5.18. The number of nitrogens with zero attached hydrogens (tertiary/aromatic N) is 1. The second kappa shape index (κ2) is 7.73. The summed E-state index contributed by atoms with van der Waals surface area (Å²) in [4.78, 5) is 38.3. The number of rotatable bonds is 5. The van der Waals surface area contributed by atoms with Crippen molar-refractivity contribution in [1.82, 2.24) is 10.4 Å². The number of hydrogen-bond acceptors (Lipinski definition) is 6. The largest absolute Gasteiger partial charge is 0.465 e. The lowest BCUT2D eigenvalue weighted by Gasteiger charge is -2.22. The number of methoxy groups -OCH3 is 1. The van der Waals surface area contributed by atoms with Crippen molar-refractivity contribution in [2.75, 3.05) is 12.4 Å². The number of hydrogen-bond donors (Lipinski definition) is 2. The van der Waals surface area contributed by atoms with Gasteiger partial charge in [-0.05, 0) is 30.4 Å². The molecule has 2 N–H and O–H groups in total. The average Bonchev–Trinajstić information content (AvgIpc) is 3.36. The Bertz CT molecular complexity index is 925. The lowest BCUT2D eigenvalue weighted by atomic mass is 10.1. The van der Waals surface area contributed by atoms with Crippen LogP contribution in [0.2, 0.25) is 0 Å². The lowest BCUT2D eigenvalue weighted by molar-refractivity contribution is -0.121. The number of amides is 2. The van der Waals surface area contributed by atoms with Gasteiger partial charge in [-0.1, -0.05) is 30.3 Å². The van der Waals surface area contributed by atoms with Crippen LogP contribution < -0.4 is 10.7 Å². The number of ether oxygens (including phenoxy) is 1. The van der Waals surface area contributed by atoms with Gasteiger partial charge in [0.2, 0.25) is 11.8 Å². The van der Waals surface area contributed by atoms with E-state index in [1.165, 1.54) is 18.4 Å². The highest BCUT2D eigenvalue weighted by Gasteiger charge is 2.37. The number of thiophene rings is 1. The molecule has 146 valence electrons. The van der Waals surface area contributed by atoms with Crippen LogP contribution in [0.4, 0.5) is 5.00 Å². The Balaban J connectivity index is 1.54. The molecule has 0 spiro atoms. The van der Waals surface area contributed by atoms with Crippen molar-refractivity contribution in [2.45, 2.75) is 38.3 Å². The van der Waals surface area contributed by atoms with Crippen LogP contribution in [0.3, 0.4) is 0 Å². The highest BCUT2D eigenvalue weighted by molar-refractivity contribution is 7.17. The summed E-state index contributed by atoms with van der Waals surface area (Å²) in [7, 11) is 1.34. The van der Waals surface area contributed by atoms with Crippen LogP contribution >= 0.6 is 11.3 Å². The van der Waals surface area contributed by atoms with Gasteiger partial charge in [-0.2, -0.15) is 0 Å². The predicted octanol–water partition coefficient (Wildman–Crippen LogP) is 2.27. The van der Waals surface area contributed by atoms with Gasteiger partial charge in [-0.3, -0.25) is 15.0 Å². The number of benzene rings is 1. The number of nitrogens with one attached hydrogen (secondary N) is 2. The quantitative estimate of drug-likeness (QED) is 0.753. The Labute approximate surface area is 166 Å². The predicted molar refractivity (Wildman–Crippen MR) is 105 cm³/mol. The number of carbonyl (C=O) groups is 3. The van der Waals surface area contributed by atoms with Gasteiger partial charge in [-0.15, -0.1) is 11.3 Å². The maximum atomic E-state index is 13.0. The van der Waals surface area contributed by atoms with Gasteiger partial charge in [0, 0.05) is 11.4 Å². The molecule has 0 unspecified atom stereocenters. The van der Waals surface area contributed by atoms with Crippen LogP contribution in [0.1, 0.15) is 39.2 Å². The fraction of sp³-hybridized carbons (Fsp3) is 0.350. The van der Waals surface area contributed by atoms with Crippen LogP contribution in [0, 0.1) is 0 Å². The van der Waals surface area contributed by atoms with E-state index in [9.17, 15) is 14.4 Å². The number of hydrazine groups is 1. The number of fused-ring (bicyclic) bond motifs is 1. The molecule has 0 radical (unpaired) electrons. The summed E-state index contributed by atoms with van der Waals surface area (Å²) in [6, 6.07) is 8.99. The molecule has 1 saturated heterocycles. The molecule has 1 aromatic carbocycles. The van der Waals surface area contributed by atoms with Crippen LogP contribution in [-0.2, 0) is 33.7 Å². The SMILES string of the molecule is COC(=O)c1c(NC(=O)[C@@H]2CC(=O)NN2Cc2ccccc2)sc2c1CCC2. The number of carbonyl (C=O) groups excluding carboxylic acids is 3. The highest BCUT2D eigenvalue weighted by Crippen LogP contribution is 2.39. The number of esters is 1. The minimum Gasteiger partial charge on any atom is -0.465 e. The third kappa shape index (κ3) is 3.53. The average molecular weight is 399 g/mol. The topological polar surface area (TPSA) is 87.7 Å². The van der Waals surface area contributed by atoms with E-state index < -0.39 is 12.0 Å². The lowest BCUT2D eigenvalue weighted by Crippen LogP contribution is -2.43. The van der Waals surface area contributed by atoms with Gasteiger partial charge in [-0.25, -0.2) is 9.80 Å². The zero-order valence-corrected chi connectivity index (χ0v) is 16.3. The van der Waals surface area contributed by atoms with Crippen molar-refractivity contribution < 1.29 is 19.1 Å². The first-order valence-corrected chi connectivity index (χ1v) is 10.0. The molecule has 0 bridgehead atoms. The van der Waals surface area contributed by atoms with Gasteiger partial charge in [0.1, 0.15) is 11.0 Å². The van der Waals surface area contributed by atoms with Crippen LogP contribution in [-0.4, -0.2) is 35.9 Å². The van der Waals surface area contributed by atoms with Crippen molar-refractivity contribution in [3.63, 3.8) is 0 Å². The van der Waals surface area contributed by atoms with Crippen molar-refractivity contribution in [3.8, 4) is 0 Å². The Hall–Kier alpha value is -2.71. The molecule has 0 saturated carbocycles. The summed E-state index contributed by atoms with van der Waals surface area (Å²) in [5, 5.41) is 5.04. The van der Waals surface area contributed by atoms with E-state index in [1.54, 1.807) is 5.01 Å². The van der Waals surface area contributed by atoms with E-state index in [-0.39, 0.29) is 18.2 Å². The summed E-state index contributed by atoms with van der Waals surface area (Å²) >= 11 is 1.43. The molecule has 2 aliphatic rings. The van der Waals surface area contributed by atoms with E-state index in [0.29, 0.717) is 17.1 Å². The fourth-order valence-electron chi connectivity index (χ4n) is 3.74. The zero-order valence-electron chi connectivity index (χ0n) is 15.5. The summed E-state index contributed by atoms with van der Waals surface area (Å²) < 4.78 is 4.92. The smallest absolute Gasteiger partial charge is 0.341 e. The van der Waals surface area contributed by atoms with Gasteiger partial charge in [0.15, 0.2) is 0 Å².